The highest BCUT2D eigenvalue weighted by molar-refractivity contribution is 5.97. The molecule has 1 fully saturated rings. The maximum Gasteiger partial charge on any atom is 0.180 e. The number of aromatic nitrogens is 4. The molecular formula is C21H21N5O2. The van der Waals surface area contributed by atoms with Crippen molar-refractivity contribution in [3.8, 4) is 17.0 Å². The summed E-state index contributed by atoms with van der Waals surface area (Å²) in [5.41, 5.74) is 4.58. The Morgan fingerprint density at radius 3 is 2.86 bits per heavy atom. The number of fused-ring (bicyclic) bond motifs is 2. The lowest BCUT2D eigenvalue weighted by Crippen LogP contribution is -2.23. The second-order valence-corrected chi connectivity index (χ2v) is 7.14. The minimum atomic E-state index is -0.309. The zero-order valence-electron chi connectivity index (χ0n) is 15.8. The quantitative estimate of drug-likeness (QED) is 0.593. The Hall–Kier alpha value is -3.19. The number of pyridine rings is 1. The summed E-state index contributed by atoms with van der Waals surface area (Å²) in [5, 5.41) is 10.9. The van der Waals surface area contributed by atoms with Crippen molar-refractivity contribution in [3.05, 3.63) is 48.5 Å². The molecule has 1 aliphatic heterocycles. The molecule has 1 aliphatic rings. The number of methoxy groups -OCH3 is 1. The Morgan fingerprint density at radius 1 is 1.18 bits per heavy atom. The molecule has 0 radical (unpaired) electrons. The van der Waals surface area contributed by atoms with E-state index in [1.807, 2.05) is 41.9 Å². The van der Waals surface area contributed by atoms with Gasteiger partial charge in [-0.05, 0) is 31.5 Å². The number of β-amino-alcohol motifs (C(OH)–C–C–N with tert-alkyl or cyclic N) is 1. The normalized spacial score (nSPS) is 17.0. The van der Waals surface area contributed by atoms with Crippen molar-refractivity contribution < 1.29 is 9.84 Å². The standard InChI is InChI=1S/C21H21N5O2/c1-13-3-4-16-15(5-6-18(28-2)19(16)24-13)17-11-23-21-20(22-8-10-26(17)21)25-9-7-14(27)12-25/h3-6,8,10-11,14,27H,7,9,12H2,1-2H3. The third kappa shape index (κ3) is 2.58. The summed E-state index contributed by atoms with van der Waals surface area (Å²) < 4.78 is 7.56. The van der Waals surface area contributed by atoms with Gasteiger partial charge >= 0.3 is 0 Å². The fourth-order valence-corrected chi connectivity index (χ4v) is 3.94. The minimum Gasteiger partial charge on any atom is -0.494 e. The fraction of sp³-hybridized carbons (Fsp3) is 0.286. The molecule has 0 saturated carbocycles. The van der Waals surface area contributed by atoms with E-state index in [0.717, 1.165) is 58.0 Å². The number of aryl methyl sites for hydroxylation is 1. The molecule has 7 nitrogen and oxygen atoms in total. The Bertz CT molecular complexity index is 1190. The zero-order chi connectivity index (χ0) is 19.3. The first kappa shape index (κ1) is 16.9. The maximum absolute atomic E-state index is 9.89. The molecule has 5 rings (SSSR count). The van der Waals surface area contributed by atoms with E-state index in [2.05, 4.69) is 25.9 Å². The van der Waals surface area contributed by atoms with Crippen molar-refractivity contribution in [1.29, 1.82) is 0 Å². The van der Waals surface area contributed by atoms with Crippen LogP contribution in [0, 0.1) is 6.92 Å². The average molecular weight is 375 g/mol. The van der Waals surface area contributed by atoms with Crippen molar-refractivity contribution in [2.24, 2.45) is 0 Å². The van der Waals surface area contributed by atoms with Crippen LogP contribution in [0.5, 0.6) is 5.75 Å². The van der Waals surface area contributed by atoms with E-state index in [1.54, 1.807) is 13.3 Å². The number of anilines is 1. The van der Waals surface area contributed by atoms with Crippen LogP contribution in [0.25, 0.3) is 27.8 Å². The van der Waals surface area contributed by atoms with Crippen molar-refractivity contribution >= 4 is 22.4 Å². The van der Waals surface area contributed by atoms with E-state index in [-0.39, 0.29) is 6.10 Å². The molecule has 1 atom stereocenters. The number of aliphatic hydroxyl groups excluding tert-OH is 1. The molecule has 1 N–H and O–H groups in total. The molecule has 0 spiro atoms. The van der Waals surface area contributed by atoms with Crippen molar-refractivity contribution in [2.45, 2.75) is 19.4 Å². The van der Waals surface area contributed by atoms with E-state index in [1.165, 1.54) is 0 Å². The van der Waals surface area contributed by atoms with Gasteiger partial charge in [0.15, 0.2) is 11.5 Å². The van der Waals surface area contributed by atoms with Crippen LogP contribution in [0.3, 0.4) is 0 Å². The van der Waals surface area contributed by atoms with Gasteiger partial charge < -0.3 is 14.7 Å². The molecule has 4 aromatic rings. The van der Waals surface area contributed by atoms with E-state index < -0.39 is 0 Å². The number of ether oxygens (including phenoxy) is 1. The van der Waals surface area contributed by atoms with Gasteiger partial charge in [0.2, 0.25) is 0 Å². The first-order valence-corrected chi connectivity index (χ1v) is 9.35. The summed E-state index contributed by atoms with van der Waals surface area (Å²) in [6, 6.07) is 8.07. The molecule has 28 heavy (non-hydrogen) atoms. The molecule has 142 valence electrons. The molecule has 3 aromatic heterocycles. The highest BCUT2D eigenvalue weighted by Gasteiger charge is 2.24. The van der Waals surface area contributed by atoms with Gasteiger partial charge in [0.05, 0.1) is 25.1 Å². The monoisotopic (exact) mass is 375 g/mol. The molecule has 1 aromatic carbocycles. The van der Waals surface area contributed by atoms with Crippen LogP contribution in [-0.4, -0.2) is 50.8 Å². The number of rotatable bonds is 3. The maximum atomic E-state index is 9.89. The van der Waals surface area contributed by atoms with E-state index in [9.17, 15) is 5.11 Å². The molecule has 1 unspecified atom stereocenters. The van der Waals surface area contributed by atoms with E-state index >= 15 is 0 Å². The molecule has 0 amide bonds. The first-order chi connectivity index (χ1) is 13.7. The summed E-state index contributed by atoms with van der Waals surface area (Å²) >= 11 is 0. The Balaban J connectivity index is 1.71. The van der Waals surface area contributed by atoms with Crippen LogP contribution in [-0.2, 0) is 0 Å². The number of hydrogen-bond acceptors (Lipinski definition) is 6. The number of imidazole rings is 1. The smallest absolute Gasteiger partial charge is 0.180 e. The predicted octanol–water partition coefficient (Wildman–Crippen LogP) is 2.83. The highest BCUT2D eigenvalue weighted by Crippen LogP contribution is 2.35. The molecule has 0 aliphatic carbocycles. The second-order valence-electron chi connectivity index (χ2n) is 7.14. The summed E-state index contributed by atoms with van der Waals surface area (Å²) in [6.45, 7) is 3.34. The van der Waals surface area contributed by atoms with Gasteiger partial charge in [-0.15, -0.1) is 0 Å². The van der Waals surface area contributed by atoms with Gasteiger partial charge in [-0.1, -0.05) is 6.07 Å². The van der Waals surface area contributed by atoms with Crippen LogP contribution < -0.4 is 9.64 Å². The summed E-state index contributed by atoms with van der Waals surface area (Å²) in [5.74, 6) is 1.56. The van der Waals surface area contributed by atoms with Crippen molar-refractivity contribution in [1.82, 2.24) is 19.4 Å². The minimum absolute atomic E-state index is 0.309. The fourth-order valence-electron chi connectivity index (χ4n) is 3.94. The van der Waals surface area contributed by atoms with Crippen LogP contribution in [0.4, 0.5) is 5.82 Å². The third-order valence-electron chi connectivity index (χ3n) is 5.33. The number of benzene rings is 1. The topological polar surface area (TPSA) is 75.8 Å². The Kier molecular flexibility index (Phi) is 3.91. The Morgan fingerprint density at radius 2 is 2.07 bits per heavy atom. The number of nitrogens with zero attached hydrogens (tertiary/aromatic N) is 5. The van der Waals surface area contributed by atoms with Crippen molar-refractivity contribution in [2.75, 3.05) is 25.1 Å². The lowest BCUT2D eigenvalue weighted by molar-refractivity contribution is 0.198. The van der Waals surface area contributed by atoms with E-state index in [4.69, 9.17) is 4.74 Å². The summed E-state index contributed by atoms with van der Waals surface area (Å²) in [7, 11) is 1.66. The second kappa shape index (κ2) is 6.45. The number of aliphatic hydroxyl groups is 1. The third-order valence-corrected chi connectivity index (χ3v) is 5.33. The van der Waals surface area contributed by atoms with Crippen LogP contribution in [0.2, 0.25) is 0 Å². The van der Waals surface area contributed by atoms with Gasteiger partial charge in [0, 0.05) is 42.1 Å². The van der Waals surface area contributed by atoms with Crippen LogP contribution in [0.1, 0.15) is 12.1 Å². The molecule has 0 bridgehead atoms. The van der Waals surface area contributed by atoms with Gasteiger partial charge in [0.1, 0.15) is 11.3 Å². The van der Waals surface area contributed by atoms with Gasteiger partial charge in [0.25, 0.3) is 0 Å². The van der Waals surface area contributed by atoms with Crippen molar-refractivity contribution in [3.63, 3.8) is 0 Å². The van der Waals surface area contributed by atoms with Gasteiger partial charge in [-0.3, -0.25) is 4.40 Å². The largest absolute Gasteiger partial charge is 0.494 e. The van der Waals surface area contributed by atoms with E-state index in [0.29, 0.717) is 6.54 Å². The number of hydrogen-bond donors (Lipinski definition) is 1. The predicted molar refractivity (Wildman–Crippen MR) is 108 cm³/mol. The molecule has 4 heterocycles. The molecule has 7 heteroatoms. The highest BCUT2D eigenvalue weighted by atomic mass is 16.5. The lowest BCUT2D eigenvalue weighted by Gasteiger charge is -2.17. The summed E-state index contributed by atoms with van der Waals surface area (Å²) in [6.07, 6.45) is 6.02. The van der Waals surface area contributed by atoms with Crippen LogP contribution in [0.15, 0.2) is 42.9 Å². The Labute approximate surface area is 162 Å². The van der Waals surface area contributed by atoms with Gasteiger partial charge in [-0.25, -0.2) is 15.0 Å². The summed E-state index contributed by atoms with van der Waals surface area (Å²) in [4.78, 5) is 16.0. The first-order valence-electron chi connectivity index (χ1n) is 9.35. The van der Waals surface area contributed by atoms with Crippen LogP contribution >= 0.6 is 0 Å². The molecule has 1 saturated heterocycles. The molecular weight excluding hydrogens is 354 g/mol. The zero-order valence-corrected chi connectivity index (χ0v) is 15.8. The SMILES string of the molecule is COc1ccc(-c2cnc3c(N4CCC(O)C4)nccn23)c2ccc(C)nc12. The lowest BCUT2D eigenvalue weighted by atomic mass is 10.0. The van der Waals surface area contributed by atoms with Gasteiger partial charge in [-0.2, -0.15) is 0 Å². The average Bonchev–Trinajstić information content (AvgIpc) is 3.33.